The zero-order valence-corrected chi connectivity index (χ0v) is 20.3. The van der Waals surface area contributed by atoms with Crippen molar-refractivity contribution in [1.29, 1.82) is 0 Å². The minimum Gasteiger partial charge on any atom is -0.454 e. The first-order valence-corrected chi connectivity index (χ1v) is 12.9. The maximum absolute atomic E-state index is 12.9. The van der Waals surface area contributed by atoms with Crippen LogP contribution in [-0.2, 0) is 16.6 Å². The summed E-state index contributed by atoms with van der Waals surface area (Å²) in [5, 5.41) is 0.434. The highest BCUT2D eigenvalue weighted by atomic mass is 35.5. The molecular weight excluding hydrogens is 510 g/mol. The van der Waals surface area contributed by atoms with Crippen LogP contribution < -0.4 is 19.0 Å². The number of nitrogens with zero attached hydrogens (tertiary/aromatic N) is 2. The number of ether oxygens (including phenoxy) is 2. The number of nitrogens with one attached hydrogen (secondary N) is 1. The molecule has 0 aliphatic carbocycles. The van der Waals surface area contributed by atoms with Crippen LogP contribution in [0, 0.1) is 12.3 Å². The molecule has 0 radical (unpaired) electrons. The van der Waals surface area contributed by atoms with Crippen molar-refractivity contribution < 1.29 is 22.7 Å². The number of hydrogen-bond donors (Lipinski definition) is 1. The van der Waals surface area contributed by atoms with Crippen LogP contribution in [0.15, 0.2) is 70.6 Å². The molecule has 0 saturated carbocycles. The standard InChI is InChI=1S/C24H16ClN3O5S2/c1-2-11-28-19-12-20-21(33-14-32-20)13-22(19)34-24(28)26-23(29)15-3-7-17(8-4-15)27-35(30,31)18-9-5-16(25)6-10-18/h1,3-10,12-13,27H,11,14H2. The van der Waals surface area contributed by atoms with E-state index < -0.39 is 15.9 Å². The van der Waals surface area contributed by atoms with Gasteiger partial charge in [0.1, 0.15) is 0 Å². The lowest BCUT2D eigenvalue weighted by molar-refractivity contribution is 0.0998. The van der Waals surface area contributed by atoms with Crippen LogP contribution in [-0.4, -0.2) is 25.7 Å². The first-order chi connectivity index (χ1) is 16.8. The zero-order valence-electron chi connectivity index (χ0n) is 17.9. The number of terminal acetylenes is 1. The van der Waals surface area contributed by atoms with Crippen molar-refractivity contribution in [2.75, 3.05) is 11.5 Å². The Morgan fingerprint density at radius 2 is 1.80 bits per heavy atom. The molecule has 1 amide bonds. The molecule has 0 saturated heterocycles. The van der Waals surface area contributed by atoms with Crippen LogP contribution in [0.25, 0.3) is 10.2 Å². The molecule has 35 heavy (non-hydrogen) atoms. The van der Waals surface area contributed by atoms with Gasteiger partial charge in [-0.25, -0.2) is 8.42 Å². The van der Waals surface area contributed by atoms with Gasteiger partial charge in [-0.15, -0.1) is 6.42 Å². The zero-order chi connectivity index (χ0) is 24.6. The molecular formula is C24H16ClN3O5S2. The average molecular weight is 526 g/mol. The number of thiazole rings is 1. The molecule has 0 fully saturated rings. The number of fused-ring (bicyclic) bond motifs is 2. The Balaban J connectivity index is 1.42. The largest absolute Gasteiger partial charge is 0.454 e. The highest BCUT2D eigenvalue weighted by molar-refractivity contribution is 7.92. The number of anilines is 1. The Labute approximate surface area is 209 Å². The maximum Gasteiger partial charge on any atom is 0.279 e. The van der Waals surface area contributed by atoms with E-state index >= 15 is 0 Å². The predicted molar refractivity (Wildman–Crippen MR) is 133 cm³/mol. The van der Waals surface area contributed by atoms with E-state index in [0.717, 1.165) is 10.2 Å². The van der Waals surface area contributed by atoms with E-state index in [4.69, 9.17) is 27.5 Å². The summed E-state index contributed by atoms with van der Waals surface area (Å²) >= 11 is 7.13. The van der Waals surface area contributed by atoms with Crippen molar-refractivity contribution >= 4 is 54.8 Å². The van der Waals surface area contributed by atoms with Crippen LogP contribution in [0.2, 0.25) is 5.02 Å². The summed E-state index contributed by atoms with van der Waals surface area (Å²) in [6, 6.07) is 15.4. The SMILES string of the molecule is C#CCn1c(=NC(=O)c2ccc(NS(=O)(=O)c3ccc(Cl)cc3)cc2)sc2cc3c(cc21)OCO3. The van der Waals surface area contributed by atoms with E-state index in [2.05, 4.69) is 15.6 Å². The van der Waals surface area contributed by atoms with Gasteiger partial charge in [0.2, 0.25) is 6.79 Å². The molecule has 5 rings (SSSR count). The van der Waals surface area contributed by atoms with Gasteiger partial charge in [0.15, 0.2) is 16.3 Å². The molecule has 0 bridgehead atoms. The van der Waals surface area contributed by atoms with Crippen molar-refractivity contribution in [2.45, 2.75) is 11.4 Å². The number of amides is 1. The Hall–Kier alpha value is -3.78. The summed E-state index contributed by atoms with van der Waals surface area (Å²) in [5.74, 6) is 3.32. The van der Waals surface area contributed by atoms with E-state index in [1.165, 1.54) is 59.9 Å². The number of benzene rings is 3. The Bertz CT molecular complexity index is 1670. The number of hydrogen-bond acceptors (Lipinski definition) is 6. The summed E-state index contributed by atoms with van der Waals surface area (Å²) in [6.07, 6.45) is 5.54. The van der Waals surface area contributed by atoms with Crippen molar-refractivity contribution in [2.24, 2.45) is 4.99 Å². The van der Waals surface area contributed by atoms with Crippen molar-refractivity contribution in [3.8, 4) is 23.8 Å². The van der Waals surface area contributed by atoms with Gasteiger partial charge in [0.05, 0.1) is 21.7 Å². The number of rotatable bonds is 5. The highest BCUT2D eigenvalue weighted by Crippen LogP contribution is 2.37. The molecule has 11 heteroatoms. The number of sulfonamides is 1. The smallest absolute Gasteiger partial charge is 0.279 e. The summed E-state index contributed by atoms with van der Waals surface area (Å²) in [6.45, 7) is 0.375. The topological polar surface area (TPSA) is 99.0 Å². The van der Waals surface area contributed by atoms with Crippen molar-refractivity contribution in [1.82, 2.24) is 4.57 Å². The van der Waals surface area contributed by atoms with Gasteiger partial charge in [0, 0.05) is 28.4 Å². The van der Waals surface area contributed by atoms with Crippen LogP contribution in [0.3, 0.4) is 0 Å². The third kappa shape index (κ3) is 4.61. The molecule has 176 valence electrons. The molecule has 8 nitrogen and oxygen atoms in total. The fourth-order valence-corrected chi connectivity index (χ4v) is 5.67. The van der Waals surface area contributed by atoms with Gasteiger partial charge in [-0.1, -0.05) is 28.9 Å². The minimum absolute atomic E-state index is 0.0710. The van der Waals surface area contributed by atoms with Gasteiger partial charge in [-0.05, 0) is 48.5 Å². The molecule has 2 heterocycles. The Morgan fingerprint density at radius 3 is 2.49 bits per heavy atom. The number of carbonyl (C=O) groups is 1. The quantitative estimate of drug-likeness (QED) is 0.392. The van der Waals surface area contributed by atoms with E-state index in [9.17, 15) is 13.2 Å². The molecule has 0 spiro atoms. The van der Waals surface area contributed by atoms with E-state index in [-0.39, 0.29) is 18.2 Å². The normalized spacial score (nSPS) is 13.1. The molecule has 0 unspecified atom stereocenters. The minimum atomic E-state index is -3.80. The fraction of sp³-hybridized carbons (Fsp3) is 0.0833. The number of carbonyl (C=O) groups excluding carboxylic acids is 1. The summed E-state index contributed by atoms with van der Waals surface area (Å²) in [7, 11) is -3.80. The first kappa shape index (κ1) is 23.0. The van der Waals surface area contributed by atoms with Crippen LogP contribution >= 0.6 is 22.9 Å². The predicted octanol–water partition coefficient (Wildman–Crippen LogP) is 4.26. The molecule has 3 aromatic carbocycles. The lowest BCUT2D eigenvalue weighted by Gasteiger charge is -2.08. The number of halogens is 1. The van der Waals surface area contributed by atoms with Crippen LogP contribution in [0.5, 0.6) is 11.5 Å². The lowest BCUT2D eigenvalue weighted by atomic mass is 10.2. The Morgan fingerprint density at radius 1 is 1.11 bits per heavy atom. The second-order valence-electron chi connectivity index (χ2n) is 7.40. The third-order valence-corrected chi connectivity index (χ3v) is 7.82. The van der Waals surface area contributed by atoms with Crippen LogP contribution in [0.1, 0.15) is 10.4 Å². The van der Waals surface area contributed by atoms with Crippen molar-refractivity contribution in [3.63, 3.8) is 0 Å². The summed E-state index contributed by atoms with van der Waals surface area (Å²) in [5.41, 5.74) is 1.38. The average Bonchev–Trinajstić information content (AvgIpc) is 3.42. The summed E-state index contributed by atoms with van der Waals surface area (Å²) < 4.78 is 41.1. The molecule has 4 aromatic rings. The monoisotopic (exact) mass is 525 g/mol. The maximum atomic E-state index is 12.9. The van der Waals surface area contributed by atoms with Gasteiger partial charge in [-0.2, -0.15) is 4.99 Å². The van der Waals surface area contributed by atoms with Gasteiger partial charge in [-0.3, -0.25) is 9.52 Å². The van der Waals surface area contributed by atoms with E-state index in [1.807, 2.05) is 12.1 Å². The van der Waals surface area contributed by atoms with Gasteiger partial charge in [0.25, 0.3) is 15.9 Å². The number of aromatic nitrogens is 1. The first-order valence-electron chi connectivity index (χ1n) is 10.2. The molecule has 1 N–H and O–H groups in total. The molecule has 1 aromatic heterocycles. The van der Waals surface area contributed by atoms with E-state index in [1.54, 1.807) is 4.57 Å². The Kier molecular flexibility index (Phi) is 5.98. The molecule has 1 aliphatic rings. The second-order valence-corrected chi connectivity index (χ2v) is 10.5. The van der Waals surface area contributed by atoms with Crippen LogP contribution in [0.4, 0.5) is 5.69 Å². The summed E-state index contributed by atoms with van der Waals surface area (Å²) in [4.78, 5) is 17.6. The highest BCUT2D eigenvalue weighted by Gasteiger charge is 2.18. The lowest BCUT2D eigenvalue weighted by Crippen LogP contribution is -2.16. The molecule has 0 atom stereocenters. The second kappa shape index (κ2) is 9.11. The van der Waals surface area contributed by atoms with Gasteiger partial charge >= 0.3 is 0 Å². The van der Waals surface area contributed by atoms with E-state index in [0.29, 0.717) is 32.6 Å². The van der Waals surface area contributed by atoms with Gasteiger partial charge < -0.3 is 14.0 Å². The third-order valence-electron chi connectivity index (χ3n) is 5.13. The molecule has 1 aliphatic heterocycles. The van der Waals surface area contributed by atoms with Crippen molar-refractivity contribution in [3.05, 3.63) is 76.1 Å². The fourth-order valence-electron chi connectivity index (χ4n) is 3.45.